The van der Waals surface area contributed by atoms with Gasteiger partial charge in [0.1, 0.15) is 0 Å². The number of hydrogen-bond acceptors (Lipinski definition) is 4. The number of nitrogens with zero attached hydrogens (tertiary/aromatic N) is 1. The van der Waals surface area contributed by atoms with Gasteiger partial charge >= 0.3 is 0 Å². The molecule has 6 nitrogen and oxygen atoms in total. The van der Waals surface area contributed by atoms with E-state index in [0.29, 0.717) is 29.8 Å². The predicted molar refractivity (Wildman–Crippen MR) is 84.7 cm³/mol. The van der Waals surface area contributed by atoms with Crippen LogP contribution in [0.3, 0.4) is 0 Å². The maximum Gasteiger partial charge on any atom is 0.243 e. The molecule has 2 rings (SSSR count). The molecule has 0 bridgehead atoms. The highest BCUT2D eigenvalue weighted by Gasteiger charge is 2.31. The van der Waals surface area contributed by atoms with E-state index in [2.05, 4.69) is 26.6 Å². The lowest BCUT2D eigenvalue weighted by molar-refractivity contribution is -0.114. The summed E-state index contributed by atoms with van der Waals surface area (Å²) in [7, 11) is -3.53. The van der Waals surface area contributed by atoms with Crippen LogP contribution < -0.4 is 10.6 Å². The summed E-state index contributed by atoms with van der Waals surface area (Å²) in [6, 6.07) is 4.54. The van der Waals surface area contributed by atoms with Crippen LogP contribution in [0.4, 0.5) is 5.69 Å². The molecule has 1 aliphatic rings. The average molecular weight is 376 g/mol. The van der Waals surface area contributed by atoms with Crippen molar-refractivity contribution in [1.82, 2.24) is 9.62 Å². The highest BCUT2D eigenvalue weighted by atomic mass is 79.9. The first-order valence-electron chi connectivity index (χ1n) is 6.62. The van der Waals surface area contributed by atoms with E-state index in [1.807, 2.05) is 6.92 Å². The van der Waals surface area contributed by atoms with Gasteiger partial charge in [-0.3, -0.25) is 4.79 Å². The molecule has 8 heteroatoms. The van der Waals surface area contributed by atoms with E-state index in [1.54, 1.807) is 6.07 Å². The molecule has 1 aromatic carbocycles. The Hall–Kier alpha value is -0.960. The van der Waals surface area contributed by atoms with Gasteiger partial charge in [-0.1, -0.05) is 0 Å². The van der Waals surface area contributed by atoms with Gasteiger partial charge in [-0.15, -0.1) is 0 Å². The van der Waals surface area contributed by atoms with E-state index >= 15 is 0 Å². The summed E-state index contributed by atoms with van der Waals surface area (Å²) in [5, 5.41) is 5.80. The lowest BCUT2D eigenvalue weighted by atomic mass is 10.3. The van der Waals surface area contributed by atoms with E-state index < -0.39 is 10.0 Å². The van der Waals surface area contributed by atoms with Crippen LogP contribution in [-0.4, -0.2) is 44.3 Å². The fraction of sp³-hybridized carbons (Fsp3) is 0.462. The third-order valence-corrected chi connectivity index (χ3v) is 5.96. The Morgan fingerprint density at radius 1 is 1.48 bits per heavy atom. The maximum absolute atomic E-state index is 12.7. The number of nitrogens with one attached hydrogen (secondary N) is 2. The number of halogens is 1. The SMILES string of the molecule is CC(=O)Nc1ccc(S(=O)(=O)N2CCNCC2C)cc1Br. The van der Waals surface area contributed by atoms with E-state index in [9.17, 15) is 13.2 Å². The molecule has 0 radical (unpaired) electrons. The normalized spacial score (nSPS) is 20.2. The van der Waals surface area contributed by atoms with Gasteiger partial charge in [-0.25, -0.2) is 8.42 Å². The molecule has 1 aliphatic heterocycles. The Morgan fingerprint density at radius 3 is 2.76 bits per heavy atom. The van der Waals surface area contributed by atoms with Crippen molar-refractivity contribution < 1.29 is 13.2 Å². The molecule has 0 spiro atoms. The summed E-state index contributed by atoms with van der Waals surface area (Å²) < 4.78 is 27.4. The van der Waals surface area contributed by atoms with Crippen LogP contribution in [0.2, 0.25) is 0 Å². The van der Waals surface area contributed by atoms with Gasteiger partial charge < -0.3 is 10.6 Å². The van der Waals surface area contributed by atoms with E-state index in [-0.39, 0.29) is 16.8 Å². The van der Waals surface area contributed by atoms with E-state index in [1.165, 1.54) is 23.4 Å². The van der Waals surface area contributed by atoms with Crippen LogP contribution in [0.25, 0.3) is 0 Å². The fourth-order valence-electron chi connectivity index (χ4n) is 2.26. The molecule has 0 aliphatic carbocycles. The monoisotopic (exact) mass is 375 g/mol. The Balaban J connectivity index is 2.32. The second kappa shape index (κ2) is 6.43. The number of amides is 1. The summed E-state index contributed by atoms with van der Waals surface area (Å²) in [6.45, 7) is 5.03. The number of sulfonamides is 1. The molecule has 1 saturated heterocycles. The van der Waals surface area contributed by atoms with Gasteiger partial charge in [0.15, 0.2) is 0 Å². The highest BCUT2D eigenvalue weighted by Crippen LogP contribution is 2.28. The van der Waals surface area contributed by atoms with Crippen molar-refractivity contribution in [3.8, 4) is 0 Å². The third kappa shape index (κ3) is 3.63. The lowest BCUT2D eigenvalue weighted by Gasteiger charge is -2.32. The number of rotatable bonds is 3. The largest absolute Gasteiger partial charge is 0.325 e. The summed E-state index contributed by atoms with van der Waals surface area (Å²) in [5.41, 5.74) is 0.551. The van der Waals surface area contributed by atoms with Crippen molar-refractivity contribution in [3.05, 3.63) is 22.7 Å². The molecule has 1 aromatic rings. The standard InChI is InChI=1S/C13H18BrN3O3S/c1-9-8-15-5-6-17(9)21(19,20)11-3-4-13(12(14)7-11)16-10(2)18/h3-4,7,9,15H,5-6,8H2,1-2H3,(H,16,18). The Kier molecular flexibility index (Phi) is 5.03. The van der Waals surface area contributed by atoms with Gasteiger partial charge in [0.2, 0.25) is 15.9 Å². The Morgan fingerprint density at radius 2 is 2.19 bits per heavy atom. The average Bonchev–Trinajstić information content (AvgIpc) is 2.40. The zero-order valence-electron chi connectivity index (χ0n) is 11.9. The molecule has 1 amide bonds. The van der Waals surface area contributed by atoms with Gasteiger partial charge in [0.05, 0.1) is 10.6 Å². The first-order valence-corrected chi connectivity index (χ1v) is 8.85. The van der Waals surface area contributed by atoms with Gasteiger partial charge in [-0.05, 0) is 41.1 Å². The van der Waals surface area contributed by atoms with Crippen LogP contribution >= 0.6 is 15.9 Å². The van der Waals surface area contributed by atoms with Crippen LogP contribution in [0.5, 0.6) is 0 Å². The fourth-order valence-corrected chi connectivity index (χ4v) is 4.55. The van der Waals surface area contributed by atoms with Crippen LogP contribution in [-0.2, 0) is 14.8 Å². The summed E-state index contributed by atoms with van der Waals surface area (Å²) in [6.07, 6.45) is 0. The highest BCUT2D eigenvalue weighted by molar-refractivity contribution is 9.10. The minimum Gasteiger partial charge on any atom is -0.325 e. The Bertz CT molecular complexity index is 648. The van der Waals surface area contributed by atoms with Gasteiger partial charge in [0, 0.05) is 37.1 Å². The number of hydrogen-bond donors (Lipinski definition) is 2. The first kappa shape index (κ1) is 16.4. The van der Waals surface area contributed by atoms with Gasteiger partial charge in [-0.2, -0.15) is 4.31 Å². The summed E-state index contributed by atoms with van der Waals surface area (Å²) in [5.74, 6) is -0.206. The molecule has 0 aromatic heterocycles. The summed E-state index contributed by atoms with van der Waals surface area (Å²) >= 11 is 3.30. The zero-order valence-corrected chi connectivity index (χ0v) is 14.3. The van der Waals surface area contributed by atoms with Crippen molar-refractivity contribution >= 4 is 37.5 Å². The van der Waals surface area contributed by atoms with Crippen molar-refractivity contribution in [2.75, 3.05) is 25.0 Å². The molecule has 1 heterocycles. The number of carbonyl (C=O) groups excluding carboxylic acids is 1. The number of anilines is 1. The predicted octanol–water partition coefficient (Wildman–Crippen LogP) is 1.39. The third-order valence-electron chi connectivity index (χ3n) is 3.30. The molecule has 1 atom stereocenters. The molecule has 0 saturated carbocycles. The first-order chi connectivity index (χ1) is 9.82. The molecule has 1 unspecified atom stereocenters. The molecular formula is C13H18BrN3O3S. The van der Waals surface area contributed by atoms with Crippen molar-refractivity contribution in [3.63, 3.8) is 0 Å². The molecule has 2 N–H and O–H groups in total. The zero-order chi connectivity index (χ0) is 15.6. The van der Waals surface area contributed by atoms with Crippen LogP contribution in [0, 0.1) is 0 Å². The smallest absolute Gasteiger partial charge is 0.243 e. The molecule has 1 fully saturated rings. The van der Waals surface area contributed by atoms with Crippen molar-refractivity contribution in [2.24, 2.45) is 0 Å². The summed E-state index contributed by atoms with van der Waals surface area (Å²) in [4.78, 5) is 11.3. The topological polar surface area (TPSA) is 78.5 Å². The molecule has 21 heavy (non-hydrogen) atoms. The number of carbonyl (C=O) groups is 1. The van der Waals surface area contributed by atoms with E-state index in [0.717, 1.165) is 0 Å². The van der Waals surface area contributed by atoms with Gasteiger partial charge in [0.25, 0.3) is 0 Å². The second-order valence-corrected chi connectivity index (χ2v) is 7.74. The molecule has 116 valence electrons. The second-order valence-electron chi connectivity index (χ2n) is 4.99. The van der Waals surface area contributed by atoms with Crippen molar-refractivity contribution in [2.45, 2.75) is 24.8 Å². The lowest BCUT2D eigenvalue weighted by Crippen LogP contribution is -2.52. The quantitative estimate of drug-likeness (QED) is 0.836. The number of piperazine rings is 1. The minimum atomic E-state index is -3.53. The minimum absolute atomic E-state index is 0.0856. The number of benzene rings is 1. The van der Waals surface area contributed by atoms with Crippen LogP contribution in [0.1, 0.15) is 13.8 Å². The van der Waals surface area contributed by atoms with E-state index in [4.69, 9.17) is 0 Å². The molecular weight excluding hydrogens is 358 g/mol. The van der Waals surface area contributed by atoms with Crippen LogP contribution in [0.15, 0.2) is 27.6 Å². The van der Waals surface area contributed by atoms with Crippen molar-refractivity contribution in [1.29, 1.82) is 0 Å². The maximum atomic E-state index is 12.7. The Labute approximate surface area is 133 Å².